The molecule has 0 radical (unpaired) electrons. The molecule has 0 aliphatic carbocycles. The van der Waals surface area contributed by atoms with E-state index in [2.05, 4.69) is 10.6 Å². The van der Waals surface area contributed by atoms with Gasteiger partial charge in [0, 0.05) is 12.2 Å². The number of thioether (sulfide) groups is 1. The number of carbonyl (C=O) groups excluding carboxylic acids is 1. The van der Waals surface area contributed by atoms with Crippen LogP contribution in [0.4, 0.5) is 10.5 Å². The Balaban J connectivity index is 2.42. The summed E-state index contributed by atoms with van der Waals surface area (Å²) < 4.78 is 0. The molecule has 0 heterocycles. The highest BCUT2D eigenvalue weighted by atomic mass is 35.5. The van der Waals surface area contributed by atoms with Crippen molar-refractivity contribution in [3.63, 3.8) is 0 Å². The first kappa shape index (κ1) is 16.7. The smallest absolute Gasteiger partial charge is 0.337 e. The van der Waals surface area contributed by atoms with E-state index in [1.54, 1.807) is 11.8 Å². The molecule has 0 aliphatic rings. The van der Waals surface area contributed by atoms with Gasteiger partial charge in [-0.25, -0.2) is 9.59 Å². The zero-order valence-electron chi connectivity index (χ0n) is 11.1. The number of carbonyl (C=O) groups is 2. The van der Waals surface area contributed by atoms with E-state index in [0.29, 0.717) is 12.2 Å². The van der Waals surface area contributed by atoms with Gasteiger partial charge in [-0.05, 0) is 43.0 Å². The van der Waals surface area contributed by atoms with Crippen LogP contribution in [0.3, 0.4) is 0 Å². The van der Waals surface area contributed by atoms with Gasteiger partial charge in [0.25, 0.3) is 0 Å². The molecule has 1 rings (SSSR count). The third kappa shape index (κ3) is 5.71. The summed E-state index contributed by atoms with van der Waals surface area (Å²) in [6.07, 6.45) is 4.03. The van der Waals surface area contributed by atoms with E-state index >= 15 is 0 Å². The van der Waals surface area contributed by atoms with Crippen LogP contribution >= 0.6 is 23.4 Å². The van der Waals surface area contributed by atoms with Gasteiger partial charge >= 0.3 is 12.0 Å². The molecular formula is C13H17ClN2O3S. The fourth-order valence-corrected chi connectivity index (χ4v) is 2.27. The number of urea groups is 1. The summed E-state index contributed by atoms with van der Waals surface area (Å²) in [6, 6.07) is 3.95. The van der Waals surface area contributed by atoms with Crippen LogP contribution in [-0.4, -0.2) is 35.7 Å². The summed E-state index contributed by atoms with van der Waals surface area (Å²) in [6.45, 7) is 0.604. The van der Waals surface area contributed by atoms with E-state index in [9.17, 15) is 9.59 Å². The molecule has 3 N–H and O–H groups in total. The van der Waals surface area contributed by atoms with E-state index in [0.717, 1.165) is 18.6 Å². The highest BCUT2D eigenvalue weighted by Gasteiger charge is 2.09. The van der Waals surface area contributed by atoms with Crippen molar-refractivity contribution in [1.29, 1.82) is 0 Å². The van der Waals surface area contributed by atoms with Crippen molar-refractivity contribution < 1.29 is 14.7 Å². The lowest BCUT2D eigenvalue weighted by Crippen LogP contribution is -2.29. The highest BCUT2D eigenvalue weighted by Crippen LogP contribution is 2.20. The Hall–Kier alpha value is -1.40. The lowest BCUT2D eigenvalue weighted by Gasteiger charge is -2.08. The molecule has 0 atom stereocenters. The molecule has 20 heavy (non-hydrogen) atoms. The first-order valence-electron chi connectivity index (χ1n) is 6.11. The summed E-state index contributed by atoms with van der Waals surface area (Å²) in [5, 5.41) is 14.3. The third-order valence-corrected chi connectivity index (χ3v) is 3.53. The summed E-state index contributed by atoms with van der Waals surface area (Å²) >= 11 is 7.59. The summed E-state index contributed by atoms with van der Waals surface area (Å²) in [5.41, 5.74) is 0.469. The Morgan fingerprint density at radius 1 is 1.35 bits per heavy atom. The average molecular weight is 317 g/mol. The van der Waals surface area contributed by atoms with Gasteiger partial charge in [0.15, 0.2) is 0 Å². The Labute approximate surface area is 127 Å². The van der Waals surface area contributed by atoms with E-state index < -0.39 is 5.97 Å². The van der Waals surface area contributed by atoms with E-state index in [-0.39, 0.29) is 16.6 Å². The Morgan fingerprint density at radius 2 is 2.10 bits per heavy atom. The number of nitrogens with one attached hydrogen (secondary N) is 2. The predicted molar refractivity (Wildman–Crippen MR) is 83.0 cm³/mol. The lowest BCUT2D eigenvalue weighted by atomic mass is 10.2. The van der Waals surface area contributed by atoms with Crippen LogP contribution in [0.2, 0.25) is 5.02 Å². The van der Waals surface area contributed by atoms with Crippen LogP contribution < -0.4 is 10.6 Å². The maximum Gasteiger partial charge on any atom is 0.337 e. The van der Waals surface area contributed by atoms with Crippen molar-refractivity contribution in [2.45, 2.75) is 12.8 Å². The molecule has 0 aromatic heterocycles. The number of hydrogen-bond acceptors (Lipinski definition) is 3. The molecule has 0 bridgehead atoms. The monoisotopic (exact) mass is 316 g/mol. The first-order chi connectivity index (χ1) is 9.54. The zero-order chi connectivity index (χ0) is 15.0. The predicted octanol–water partition coefficient (Wildman–Crippen LogP) is 3.30. The molecule has 1 aromatic carbocycles. The fraction of sp³-hybridized carbons (Fsp3) is 0.385. The van der Waals surface area contributed by atoms with Gasteiger partial charge in [0.2, 0.25) is 0 Å². The highest BCUT2D eigenvalue weighted by molar-refractivity contribution is 7.98. The van der Waals surface area contributed by atoms with Crippen LogP contribution in [-0.2, 0) is 0 Å². The molecule has 0 spiro atoms. The molecule has 0 unspecified atom stereocenters. The topological polar surface area (TPSA) is 78.4 Å². The second kappa shape index (κ2) is 8.71. The molecule has 1 aromatic rings. The number of halogens is 1. The average Bonchev–Trinajstić information content (AvgIpc) is 2.38. The second-order valence-electron chi connectivity index (χ2n) is 4.08. The molecule has 0 saturated heterocycles. The van der Waals surface area contributed by atoms with Crippen LogP contribution in [0.1, 0.15) is 23.2 Å². The van der Waals surface area contributed by atoms with Gasteiger partial charge in [0.1, 0.15) is 0 Å². The van der Waals surface area contributed by atoms with Crippen molar-refractivity contribution in [2.24, 2.45) is 0 Å². The normalized spacial score (nSPS) is 10.1. The van der Waals surface area contributed by atoms with Crippen LogP contribution in [0.5, 0.6) is 0 Å². The number of carboxylic acid groups (broad SMARTS) is 1. The van der Waals surface area contributed by atoms with Gasteiger partial charge in [0.05, 0.1) is 10.6 Å². The number of hydrogen-bond donors (Lipinski definition) is 3. The number of unbranched alkanes of at least 4 members (excludes halogenated alkanes) is 1. The molecule has 0 saturated carbocycles. The Kier molecular flexibility index (Phi) is 7.25. The quantitative estimate of drug-likeness (QED) is 0.674. The summed E-state index contributed by atoms with van der Waals surface area (Å²) in [7, 11) is 0. The van der Waals surface area contributed by atoms with Crippen LogP contribution in [0.25, 0.3) is 0 Å². The maximum atomic E-state index is 11.6. The van der Waals surface area contributed by atoms with Crippen LogP contribution in [0, 0.1) is 0 Å². The lowest BCUT2D eigenvalue weighted by molar-refractivity contribution is 0.0697. The van der Waals surface area contributed by atoms with Gasteiger partial charge in [-0.1, -0.05) is 11.6 Å². The van der Waals surface area contributed by atoms with Crippen molar-refractivity contribution in [3.8, 4) is 0 Å². The number of carboxylic acids is 1. The van der Waals surface area contributed by atoms with Crippen molar-refractivity contribution in [2.75, 3.05) is 23.9 Å². The Bertz CT molecular complexity index is 483. The second-order valence-corrected chi connectivity index (χ2v) is 5.47. The largest absolute Gasteiger partial charge is 0.478 e. The minimum atomic E-state index is -1.10. The Morgan fingerprint density at radius 3 is 2.70 bits per heavy atom. The van der Waals surface area contributed by atoms with E-state index in [1.165, 1.54) is 18.2 Å². The molecular weight excluding hydrogens is 300 g/mol. The van der Waals surface area contributed by atoms with Gasteiger partial charge in [-0.2, -0.15) is 11.8 Å². The standard InChI is InChI=1S/C13H17ClN2O3S/c1-20-7-3-2-6-15-13(19)16-9-4-5-10(12(17)18)11(14)8-9/h4-5,8H,2-3,6-7H2,1H3,(H,17,18)(H2,15,16,19). The summed E-state index contributed by atoms with van der Waals surface area (Å²) in [5.74, 6) is -0.0185. The number of benzene rings is 1. The number of anilines is 1. The third-order valence-electron chi connectivity index (χ3n) is 2.52. The molecule has 2 amide bonds. The molecule has 0 fully saturated rings. The SMILES string of the molecule is CSCCCCNC(=O)Nc1ccc(C(=O)O)c(Cl)c1. The number of rotatable bonds is 7. The number of aromatic carboxylic acids is 1. The van der Waals surface area contributed by atoms with E-state index in [1.807, 2.05) is 6.26 Å². The summed E-state index contributed by atoms with van der Waals surface area (Å²) in [4.78, 5) is 22.4. The maximum absolute atomic E-state index is 11.6. The molecule has 0 aliphatic heterocycles. The fourth-order valence-electron chi connectivity index (χ4n) is 1.51. The van der Waals surface area contributed by atoms with Gasteiger partial charge < -0.3 is 15.7 Å². The molecule has 110 valence electrons. The molecule has 7 heteroatoms. The minimum Gasteiger partial charge on any atom is -0.478 e. The minimum absolute atomic E-state index is 0.00897. The van der Waals surface area contributed by atoms with Crippen molar-refractivity contribution in [3.05, 3.63) is 28.8 Å². The van der Waals surface area contributed by atoms with E-state index in [4.69, 9.17) is 16.7 Å². The number of amides is 2. The van der Waals surface area contributed by atoms with Crippen molar-refractivity contribution in [1.82, 2.24) is 5.32 Å². The first-order valence-corrected chi connectivity index (χ1v) is 7.88. The molecule has 5 nitrogen and oxygen atoms in total. The van der Waals surface area contributed by atoms with Gasteiger partial charge in [-0.15, -0.1) is 0 Å². The zero-order valence-corrected chi connectivity index (χ0v) is 12.7. The van der Waals surface area contributed by atoms with Gasteiger partial charge in [-0.3, -0.25) is 0 Å². The van der Waals surface area contributed by atoms with Crippen LogP contribution in [0.15, 0.2) is 18.2 Å². The van der Waals surface area contributed by atoms with Crippen molar-refractivity contribution >= 4 is 41.1 Å².